The molecule has 0 atom stereocenters. The van der Waals surface area contributed by atoms with E-state index in [0.29, 0.717) is 6.07 Å². The first-order chi connectivity index (χ1) is 9.88. The van der Waals surface area contributed by atoms with Crippen molar-refractivity contribution in [2.24, 2.45) is 0 Å². The summed E-state index contributed by atoms with van der Waals surface area (Å²) in [7, 11) is 0. The Kier molecular flexibility index (Phi) is 3.88. The highest BCUT2D eigenvalue weighted by atomic mass is 19.1. The van der Waals surface area contributed by atoms with Crippen LogP contribution in [0, 0.1) is 27.6 Å². The lowest BCUT2D eigenvalue weighted by Crippen LogP contribution is -2.13. The Morgan fingerprint density at radius 1 is 1.05 bits per heavy atom. The van der Waals surface area contributed by atoms with Crippen molar-refractivity contribution in [3.05, 3.63) is 69.5 Å². The number of amides is 1. The van der Waals surface area contributed by atoms with Crippen molar-refractivity contribution < 1.29 is 22.9 Å². The number of nitro groups is 1. The van der Waals surface area contributed by atoms with E-state index in [1.54, 1.807) is 0 Å². The van der Waals surface area contributed by atoms with Crippen molar-refractivity contribution in [3.8, 4) is 0 Å². The van der Waals surface area contributed by atoms with Crippen molar-refractivity contribution in [1.29, 1.82) is 0 Å². The molecule has 2 aromatic rings. The summed E-state index contributed by atoms with van der Waals surface area (Å²) < 4.78 is 39.5. The highest BCUT2D eigenvalue weighted by molar-refractivity contribution is 6.04. The molecule has 0 spiro atoms. The minimum atomic E-state index is -1.10. The van der Waals surface area contributed by atoms with Crippen LogP contribution in [0.5, 0.6) is 0 Å². The van der Waals surface area contributed by atoms with E-state index in [0.717, 1.165) is 30.3 Å². The number of nitrogens with one attached hydrogen (secondary N) is 1. The van der Waals surface area contributed by atoms with Gasteiger partial charge >= 0.3 is 5.69 Å². The Bertz CT molecular complexity index is 735. The van der Waals surface area contributed by atoms with Gasteiger partial charge in [0.15, 0.2) is 0 Å². The number of carbonyl (C=O) groups is 1. The lowest BCUT2D eigenvalue weighted by Gasteiger charge is -2.06. The second-order valence-corrected chi connectivity index (χ2v) is 4.00. The summed E-state index contributed by atoms with van der Waals surface area (Å²) in [6.07, 6.45) is 0. The van der Waals surface area contributed by atoms with Crippen molar-refractivity contribution in [1.82, 2.24) is 0 Å². The fraction of sp³-hybridized carbons (Fsp3) is 0. The monoisotopic (exact) mass is 296 g/mol. The van der Waals surface area contributed by atoms with Crippen LogP contribution in [0.4, 0.5) is 24.5 Å². The second-order valence-electron chi connectivity index (χ2n) is 4.00. The maximum Gasteiger partial charge on any atom is 0.305 e. The van der Waals surface area contributed by atoms with Crippen molar-refractivity contribution in [2.75, 3.05) is 5.32 Å². The molecule has 8 heteroatoms. The lowest BCUT2D eigenvalue weighted by atomic mass is 10.1. The number of nitro benzene ring substituents is 1. The molecule has 0 aliphatic carbocycles. The number of hydrogen-bond acceptors (Lipinski definition) is 3. The van der Waals surface area contributed by atoms with E-state index in [4.69, 9.17) is 0 Å². The van der Waals surface area contributed by atoms with Crippen molar-refractivity contribution in [2.45, 2.75) is 0 Å². The van der Waals surface area contributed by atoms with E-state index < -0.39 is 39.7 Å². The molecule has 2 rings (SSSR count). The van der Waals surface area contributed by atoms with Crippen LogP contribution in [0.2, 0.25) is 0 Å². The fourth-order valence-electron chi connectivity index (χ4n) is 1.58. The lowest BCUT2D eigenvalue weighted by molar-refractivity contribution is -0.387. The standard InChI is InChI=1S/C13H7F3N2O3/c14-8-2-4-9(15)11(6-8)17-13(19)7-1-3-10(16)12(5-7)18(20)21/h1-6H,(H,17,19). The summed E-state index contributed by atoms with van der Waals surface area (Å²) in [6.45, 7) is 0. The molecule has 0 aromatic heterocycles. The number of rotatable bonds is 3. The zero-order valence-electron chi connectivity index (χ0n) is 10.3. The normalized spacial score (nSPS) is 10.2. The van der Waals surface area contributed by atoms with Gasteiger partial charge in [0, 0.05) is 17.7 Å². The van der Waals surface area contributed by atoms with E-state index in [2.05, 4.69) is 5.32 Å². The van der Waals surface area contributed by atoms with Crippen LogP contribution in [0.3, 0.4) is 0 Å². The van der Waals surface area contributed by atoms with Crippen molar-refractivity contribution in [3.63, 3.8) is 0 Å². The molecule has 0 saturated carbocycles. The quantitative estimate of drug-likeness (QED) is 0.698. The average Bonchev–Trinajstić information content (AvgIpc) is 2.43. The van der Waals surface area contributed by atoms with Gasteiger partial charge in [-0.2, -0.15) is 4.39 Å². The number of halogens is 3. The molecule has 0 fully saturated rings. The third kappa shape index (κ3) is 3.16. The highest BCUT2D eigenvalue weighted by Crippen LogP contribution is 2.21. The van der Waals surface area contributed by atoms with Gasteiger partial charge in [0.05, 0.1) is 10.6 Å². The summed E-state index contributed by atoms with van der Waals surface area (Å²) in [5.41, 5.74) is -1.57. The van der Waals surface area contributed by atoms with Crippen LogP contribution < -0.4 is 5.32 Å². The summed E-state index contributed by atoms with van der Waals surface area (Å²) >= 11 is 0. The first-order valence-corrected chi connectivity index (χ1v) is 5.59. The molecule has 1 amide bonds. The number of anilines is 1. The van der Waals surface area contributed by atoms with Crippen LogP contribution >= 0.6 is 0 Å². The Labute approximate surface area is 116 Å². The van der Waals surface area contributed by atoms with Crippen LogP contribution in [-0.4, -0.2) is 10.8 Å². The molecule has 5 nitrogen and oxygen atoms in total. The second kappa shape index (κ2) is 5.61. The molecule has 0 heterocycles. The first kappa shape index (κ1) is 14.5. The Morgan fingerprint density at radius 2 is 1.71 bits per heavy atom. The zero-order valence-corrected chi connectivity index (χ0v) is 10.3. The van der Waals surface area contributed by atoms with E-state index in [1.165, 1.54) is 0 Å². The van der Waals surface area contributed by atoms with Gasteiger partial charge in [-0.25, -0.2) is 8.78 Å². The number of nitrogens with zero attached hydrogens (tertiary/aromatic N) is 1. The van der Waals surface area contributed by atoms with Crippen LogP contribution in [0.15, 0.2) is 36.4 Å². The van der Waals surface area contributed by atoms with Gasteiger partial charge in [-0.05, 0) is 24.3 Å². The minimum absolute atomic E-state index is 0.258. The minimum Gasteiger partial charge on any atom is -0.319 e. The first-order valence-electron chi connectivity index (χ1n) is 5.59. The molecule has 0 aliphatic heterocycles. The number of carbonyl (C=O) groups excluding carboxylic acids is 1. The van der Waals surface area contributed by atoms with Crippen LogP contribution in [-0.2, 0) is 0 Å². The van der Waals surface area contributed by atoms with Gasteiger partial charge in [-0.15, -0.1) is 0 Å². The molecule has 0 radical (unpaired) electrons. The smallest absolute Gasteiger partial charge is 0.305 e. The number of benzene rings is 2. The molecule has 0 aliphatic rings. The van der Waals surface area contributed by atoms with Gasteiger partial charge in [0.1, 0.15) is 11.6 Å². The summed E-state index contributed by atoms with van der Waals surface area (Å²) in [5, 5.41) is 12.6. The summed E-state index contributed by atoms with van der Waals surface area (Å²) in [5.74, 6) is -3.67. The molecular weight excluding hydrogens is 289 g/mol. The Morgan fingerprint density at radius 3 is 2.38 bits per heavy atom. The number of hydrogen-bond donors (Lipinski definition) is 1. The van der Waals surface area contributed by atoms with E-state index >= 15 is 0 Å². The predicted molar refractivity (Wildman–Crippen MR) is 67.4 cm³/mol. The SMILES string of the molecule is O=C(Nc1cc(F)ccc1F)c1ccc(F)c([N+](=O)[O-])c1. The molecular formula is C13H7F3N2O3. The van der Waals surface area contributed by atoms with Gasteiger partial charge in [0.25, 0.3) is 5.91 Å². The van der Waals surface area contributed by atoms with Gasteiger partial charge in [-0.3, -0.25) is 14.9 Å². The van der Waals surface area contributed by atoms with E-state index in [-0.39, 0.29) is 5.56 Å². The van der Waals surface area contributed by atoms with Crippen LogP contribution in [0.1, 0.15) is 10.4 Å². The van der Waals surface area contributed by atoms with Crippen LogP contribution in [0.25, 0.3) is 0 Å². The van der Waals surface area contributed by atoms with E-state index in [1.807, 2.05) is 0 Å². The molecule has 108 valence electrons. The van der Waals surface area contributed by atoms with Gasteiger partial charge < -0.3 is 5.32 Å². The average molecular weight is 296 g/mol. The Balaban J connectivity index is 2.30. The summed E-state index contributed by atoms with van der Waals surface area (Å²) in [4.78, 5) is 21.4. The zero-order chi connectivity index (χ0) is 15.6. The Hall–Kier alpha value is -2.90. The topological polar surface area (TPSA) is 72.2 Å². The van der Waals surface area contributed by atoms with Gasteiger partial charge in [0.2, 0.25) is 5.82 Å². The molecule has 0 bridgehead atoms. The summed E-state index contributed by atoms with van der Waals surface area (Å²) in [6, 6.07) is 4.89. The largest absolute Gasteiger partial charge is 0.319 e. The molecule has 1 N–H and O–H groups in total. The van der Waals surface area contributed by atoms with Gasteiger partial charge in [-0.1, -0.05) is 0 Å². The third-order valence-corrected chi connectivity index (χ3v) is 2.58. The molecule has 0 unspecified atom stereocenters. The third-order valence-electron chi connectivity index (χ3n) is 2.58. The molecule has 2 aromatic carbocycles. The fourth-order valence-corrected chi connectivity index (χ4v) is 1.58. The van der Waals surface area contributed by atoms with E-state index in [9.17, 15) is 28.1 Å². The maximum atomic E-state index is 13.4. The maximum absolute atomic E-state index is 13.4. The van der Waals surface area contributed by atoms with Crippen molar-refractivity contribution >= 4 is 17.3 Å². The highest BCUT2D eigenvalue weighted by Gasteiger charge is 2.18. The molecule has 21 heavy (non-hydrogen) atoms. The predicted octanol–water partition coefficient (Wildman–Crippen LogP) is 3.26. The molecule has 0 saturated heterocycles.